The van der Waals surface area contributed by atoms with Crippen molar-refractivity contribution in [3.63, 3.8) is 0 Å². The van der Waals surface area contributed by atoms with Crippen molar-refractivity contribution < 1.29 is 5.11 Å². The molecule has 3 heteroatoms. The molecule has 2 N–H and O–H groups in total. The third-order valence-corrected chi connectivity index (χ3v) is 4.23. The summed E-state index contributed by atoms with van der Waals surface area (Å²) in [4.78, 5) is 2.57. The van der Waals surface area contributed by atoms with Gasteiger partial charge in [0.25, 0.3) is 0 Å². The molecule has 0 aromatic rings. The number of hydrogen-bond acceptors (Lipinski definition) is 3. The van der Waals surface area contributed by atoms with Crippen molar-refractivity contribution in [1.82, 2.24) is 10.2 Å². The Bertz CT molecular complexity index is 255. The van der Waals surface area contributed by atoms with Crippen LogP contribution >= 0.6 is 0 Å². The molecule has 0 bridgehead atoms. The first kappa shape index (κ1) is 15.9. The summed E-state index contributed by atoms with van der Waals surface area (Å²) in [5, 5.41) is 13.1. The van der Waals surface area contributed by atoms with Crippen LogP contribution in [0.5, 0.6) is 0 Å². The van der Waals surface area contributed by atoms with Gasteiger partial charge in [-0.2, -0.15) is 0 Å². The van der Waals surface area contributed by atoms with Gasteiger partial charge in [-0.25, -0.2) is 0 Å². The molecular formula is C15H32N2O. The van der Waals surface area contributed by atoms with E-state index in [1.165, 1.54) is 19.5 Å². The molecule has 0 radical (unpaired) electrons. The van der Waals surface area contributed by atoms with Crippen molar-refractivity contribution in [3.8, 4) is 0 Å². The molecule has 0 aromatic carbocycles. The maximum atomic E-state index is 9.63. The Morgan fingerprint density at radius 3 is 2.56 bits per heavy atom. The molecule has 108 valence electrons. The largest absolute Gasteiger partial charge is 0.394 e. The monoisotopic (exact) mass is 256 g/mol. The van der Waals surface area contributed by atoms with Gasteiger partial charge < -0.3 is 15.3 Å². The van der Waals surface area contributed by atoms with Crippen molar-refractivity contribution in [2.24, 2.45) is 5.41 Å². The summed E-state index contributed by atoms with van der Waals surface area (Å²) in [6.45, 7) is 14.9. The number of aliphatic hydroxyl groups is 1. The lowest BCUT2D eigenvalue weighted by Crippen LogP contribution is -2.50. The summed E-state index contributed by atoms with van der Waals surface area (Å²) in [7, 11) is 0. The van der Waals surface area contributed by atoms with E-state index in [4.69, 9.17) is 0 Å². The summed E-state index contributed by atoms with van der Waals surface area (Å²) < 4.78 is 0. The molecule has 3 nitrogen and oxygen atoms in total. The van der Waals surface area contributed by atoms with Gasteiger partial charge in [0.05, 0.1) is 6.61 Å². The molecule has 0 saturated carbocycles. The fourth-order valence-electron chi connectivity index (χ4n) is 2.93. The van der Waals surface area contributed by atoms with E-state index in [0.717, 1.165) is 19.4 Å². The van der Waals surface area contributed by atoms with E-state index in [9.17, 15) is 5.11 Å². The second-order valence-electron chi connectivity index (χ2n) is 7.08. The molecule has 1 rings (SSSR count). The summed E-state index contributed by atoms with van der Waals surface area (Å²) in [6.07, 6.45) is 3.41. The Balaban J connectivity index is 2.49. The normalized spacial score (nSPS) is 25.0. The first-order chi connectivity index (χ1) is 8.32. The topological polar surface area (TPSA) is 35.5 Å². The maximum Gasteiger partial charge on any atom is 0.0611 e. The first-order valence-electron chi connectivity index (χ1n) is 7.42. The van der Waals surface area contributed by atoms with Crippen molar-refractivity contribution in [3.05, 3.63) is 0 Å². The number of nitrogens with one attached hydrogen (secondary N) is 1. The summed E-state index contributed by atoms with van der Waals surface area (Å²) in [6, 6.07) is 0.535. The van der Waals surface area contributed by atoms with Gasteiger partial charge in [0.1, 0.15) is 0 Å². The average molecular weight is 256 g/mol. The molecule has 18 heavy (non-hydrogen) atoms. The van der Waals surface area contributed by atoms with E-state index in [-0.39, 0.29) is 12.1 Å². The third-order valence-electron chi connectivity index (χ3n) is 4.23. The second kappa shape index (κ2) is 6.36. The molecule has 1 aliphatic heterocycles. The van der Waals surface area contributed by atoms with Crippen LogP contribution in [-0.2, 0) is 0 Å². The van der Waals surface area contributed by atoms with Crippen LogP contribution in [0.2, 0.25) is 0 Å². The Morgan fingerprint density at radius 2 is 2.11 bits per heavy atom. The molecule has 0 spiro atoms. The highest BCUT2D eigenvalue weighted by Crippen LogP contribution is 2.31. The average Bonchev–Trinajstić information content (AvgIpc) is 2.67. The molecule has 2 unspecified atom stereocenters. The van der Waals surface area contributed by atoms with Gasteiger partial charge >= 0.3 is 0 Å². The SMILES string of the molecule is CCCNC(C)(CO)CC(C)N1CCC(C)(C)C1. The van der Waals surface area contributed by atoms with Gasteiger partial charge in [0.15, 0.2) is 0 Å². The van der Waals surface area contributed by atoms with Crippen LogP contribution in [0, 0.1) is 5.41 Å². The Hall–Kier alpha value is -0.120. The van der Waals surface area contributed by atoms with E-state index >= 15 is 0 Å². The third kappa shape index (κ3) is 4.52. The van der Waals surface area contributed by atoms with Crippen molar-refractivity contribution >= 4 is 0 Å². The molecule has 0 aliphatic carbocycles. The van der Waals surface area contributed by atoms with Gasteiger partial charge in [-0.05, 0) is 51.6 Å². The van der Waals surface area contributed by atoms with Crippen LogP contribution in [0.15, 0.2) is 0 Å². The molecule has 1 heterocycles. The Kier molecular flexibility index (Phi) is 5.63. The Morgan fingerprint density at radius 1 is 1.44 bits per heavy atom. The fraction of sp³-hybridized carbons (Fsp3) is 1.00. The van der Waals surface area contributed by atoms with Crippen LogP contribution in [0.3, 0.4) is 0 Å². The molecule has 1 saturated heterocycles. The zero-order chi connectivity index (χ0) is 13.8. The smallest absolute Gasteiger partial charge is 0.0611 e. The standard InChI is InChI=1S/C15H32N2O/c1-6-8-16-15(5,12-18)10-13(2)17-9-7-14(3,4)11-17/h13,16,18H,6-12H2,1-5H3. The van der Waals surface area contributed by atoms with Gasteiger partial charge in [0.2, 0.25) is 0 Å². The highest BCUT2D eigenvalue weighted by molar-refractivity contribution is 4.91. The zero-order valence-electron chi connectivity index (χ0n) is 12.9. The predicted molar refractivity (Wildman–Crippen MR) is 77.8 cm³/mol. The molecule has 1 aliphatic rings. The minimum atomic E-state index is -0.137. The van der Waals surface area contributed by atoms with E-state index in [1.807, 2.05) is 0 Å². The molecular weight excluding hydrogens is 224 g/mol. The second-order valence-corrected chi connectivity index (χ2v) is 7.08. The number of aliphatic hydroxyl groups excluding tert-OH is 1. The maximum absolute atomic E-state index is 9.63. The van der Waals surface area contributed by atoms with Gasteiger partial charge in [-0.15, -0.1) is 0 Å². The minimum Gasteiger partial charge on any atom is -0.394 e. The highest BCUT2D eigenvalue weighted by atomic mass is 16.3. The van der Waals surface area contributed by atoms with Gasteiger partial charge in [-0.3, -0.25) is 0 Å². The van der Waals surface area contributed by atoms with Gasteiger partial charge in [-0.1, -0.05) is 20.8 Å². The van der Waals surface area contributed by atoms with Gasteiger partial charge in [0, 0.05) is 18.1 Å². The number of likely N-dealkylation sites (tertiary alicyclic amines) is 1. The summed E-state index contributed by atoms with van der Waals surface area (Å²) in [5.41, 5.74) is 0.322. The minimum absolute atomic E-state index is 0.137. The van der Waals surface area contributed by atoms with E-state index in [0.29, 0.717) is 11.5 Å². The number of rotatable bonds is 7. The highest BCUT2D eigenvalue weighted by Gasteiger charge is 2.34. The molecule has 0 aromatic heterocycles. The van der Waals surface area contributed by atoms with Crippen molar-refractivity contribution in [2.75, 3.05) is 26.2 Å². The zero-order valence-corrected chi connectivity index (χ0v) is 12.9. The lowest BCUT2D eigenvalue weighted by molar-refractivity contribution is 0.121. The van der Waals surface area contributed by atoms with Crippen LogP contribution in [-0.4, -0.2) is 47.8 Å². The van der Waals surface area contributed by atoms with Crippen LogP contribution < -0.4 is 5.32 Å². The Labute approximate surface area is 113 Å². The number of hydrogen-bond donors (Lipinski definition) is 2. The van der Waals surface area contributed by atoms with E-state index < -0.39 is 0 Å². The molecule has 1 fully saturated rings. The predicted octanol–water partition coefficient (Wildman–Crippen LogP) is 2.25. The molecule has 0 amide bonds. The van der Waals surface area contributed by atoms with Crippen molar-refractivity contribution in [2.45, 2.75) is 65.5 Å². The summed E-state index contributed by atoms with van der Waals surface area (Å²) in [5.74, 6) is 0. The summed E-state index contributed by atoms with van der Waals surface area (Å²) >= 11 is 0. The van der Waals surface area contributed by atoms with Crippen molar-refractivity contribution in [1.29, 1.82) is 0 Å². The lowest BCUT2D eigenvalue weighted by atomic mass is 9.92. The number of nitrogens with zero attached hydrogens (tertiary/aromatic N) is 1. The molecule has 2 atom stereocenters. The van der Waals surface area contributed by atoms with Crippen LogP contribution in [0.4, 0.5) is 0 Å². The first-order valence-corrected chi connectivity index (χ1v) is 7.42. The quantitative estimate of drug-likeness (QED) is 0.733. The van der Waals surface area contributed by atoms with Crippen LogP contribution in [0.25, 0.3) is 0 Å². The van der Waals surface area contributed by atoms with E-state index in [1.54, 1.807) is 0 Å². The van der Waals surface area contributed by atoms with Crippen LogP contribution in [0.1, 0.15) is 53.9 Å². The lowest BCUT2D eigenvalue weighted by Gasteiger charge is -2.35. The van der Waals surface area contributed by atoms with E-state index in [2.05, 4.69) is 44.8 Å². The fourth-order valence-corrected chi connectivity index (χ4v) is 2.93.